The molecule has 0 bridgehead atoms. The van der Waals surface area contributed by atoms with Gasteiger partial charge in [-0.25, -0.2) is 9.67 Å². The minimum absolute atomic E-state index is 0. The van der Waals surface area contributed by atoms with E-state index >= 15 is 0 Å². The van der Waals surface area contributed by atoms with Gasteiger partial charge in [0, 0.05) is 24.7 Å². The number of hydrogen-bond donors (Lipinski definition) is 1. The smallest absolute Gasteiger partial charge is 0.295 e. The van der Waals surface area contributed by atoms with Gasteiger partial charge in [-0.2, -0.15) is 5.10 Å². The van der Waals surface area contributed by atoms with Crippen molar-refractivity contribution in [2.45, 2.75) is 19.8 Å². The average molecular weight is 395 g/mol. The fraction of sp³-hybridized carbons (Fsp3) is 0.471. The molecule has 0 unspecified atom stereocenters. The Morgan fingerprint density at radius 3 is 2.70 bits per heavy atom. The van der Waals surface area contributed by atoms with Crippen LogP contribution in [0, 0.1) is 16.0 Å². The number of benzene rings is 1. The second-order valence-electron chi connectivity index (χ2n) is 6.34. The van der Waals surface area contributed by atoms with Crippen molar-refractivity contribution in [3.63, 3.8) is 0 Å². The van der Waals surface area contributed by atoms with Crippen LogP contribution in [0.2, 0.25) is 0 Å². The molecule has 1 aromatic carbocycles. The Bertz CT molecular complexity index is 775. The van der Waals surface area contributed by atoms with Crippen LogP contribution in [-0.4, -0.2) is 56.7 Å². The van der Waals surface area contributed by atoms with Gasteiger partial charge < -0.3 is 10.2 Å². The molecule has 1 saturated heterocycles. The summed E-state index contributed by atoms with van der Waals surface area (Å²) >= 11 is 0. The average Bonchev–Trinajstić information content (AvgIpc) is 3.20. The molecular weight excluding hydrogens is 372 g/mol. The number of nitro groups is 1. The highest BCUT2D eigenvalue weighted by atomic mass is 35.5. The second kappa shape index (κ2) is 9.43. The summed E-state index contributed by atoms with van der Waals surface area (Å²) in [6.45, 7) is 5.34. The summed E-state index contributed by atoms with van der Waals surface area (Å²) in [6.07, 6.45) is 4.58. The van der Waals surface area contributed by atoms with E-state index in [1.54, 1.807) is 11.0 Å². The molecule has 0 radical (unpaired) electrons. The Kier molecular flexibility index (Phi) is 7.26. The highest BCUT2D eigenvalue weighted by Crippen LogP contribution is 2.25. The summed E-state index contributed by atoms with van der Waals surface area (Å²) in [5.41, 5.74) is 0.447. The summed E-state index contributed by atoms with van der Waals surface area (Å²) in [5, 5.41) is 18.7. The topological polar surface area (TPSA) is 106 Å². The number of carbonyl (C=O) groups is 1. The first-order chi connectivity index (χ1) is 12.6. The number of halogens is 1. The van der Waals surface area contributed by atoms with Gasteiger partial charge >= 0.3 is 0 Å². The van der Waals surface area contributed by atoms with E-state index in [-0.39, 0.29) is 29.7 Å². The van der Waals surface area contributed by atoms with E-state index in [4.69, 9.17) is 0 Å². The molecule has 2 heterocycles. The van der Waals surface area contributed by atoms with Crippen molar-refractivity contribution in [3.8, 4) is 5.69 Å². The number of carbonyl (C=O) groups excluding carboxylic acids is 1. The van der Waals surface area contributed by atoms with Crippen molar-refractivity contribution >= 4 is 24.0 Å². The number of piperidine rings is 1. The van der Waals surface area contributed by atoms with Crippen molar-refractivity contribution < 1.29 is 9.72 Å². The quantitative estimate of drug-likeness (QED) is 0.593. The lowest BCUT2D eigenvalue weighted by Crippen LogP contribution is -2.40. The maximum absolute atomic E-state index is 12.7. The first kappa shape index (κ1) is 20.8. The monoisotopic (exact) mass is 394 g/mol. The Morgan fingerprint density at radius 2 is 2.11 bits per heavy atom. The van der Waals surface area contributed by atoms with Crippen molar-refractivity contribution in [2.24, 2.45) is 5.92 Å². The van der Waals surface area contributed by atoms with Gasteiger partial charge in [0.15, 0.2) is 0 Å². The lowest BCUT2D eigenvalue weighted by Gasteiger charge is -2.32. The Balaban J connectivity index is 0.00000261. The van der Waals surface area contributed by atoms with E-state index in [9.17, 15) is 14.9 Å². The molecule has 1 aliphatic rings. The molecule has 0 saturated carbocycles. The molecule has 1 amide bonds. The van der Waals surface area contributed by atoms with Gasteiger partial charge in [0.1, 0.15) is 18.3 Å². The van der Waals surface area contributed by atoms with E-state index < -0.39 is 4.92 Å². The number of rotatable bonds is 6. The third-order valence-corrected chi connectivity index (χ3v) is 4.67. The minimum Gasteiger partial charge on any atom is -0.339 e. The number of likely N-dealkylation sites (tertiary alicyclic amines) is 1. The van der Waals surface area contributed by atoms with E-state index in [1.807, 2.05) is 0 Å². The predicted octanol–water partition coefficient (Wildman–Crippen LogP) is 2.06. The van der Waals surface area contributed by atoms with Gasteiger partial charge in [0.2, 0.25) is 0 Å². The molecule has 0 aliphatic carbocycles. The molecule has 10 heteroatoms. The SMILES string of the molecule is CCNCC1CCN(C(=O)c2ccc(-n3cncn3)c([N+](=O)[O-])c2)CC1.Cl. The Morgan fingerprint density at radius 1 is 1.37 bits per heavy atom. The number of nitrogens with zero attached hydrogens (tertiary/aromatic N) is 5. The largest absolute Gasteiger partial charge is 0.339 e. The number of hydrogen-bond acceptors (Lipinski definition) is 6. The highest BCUT2D eigenvalue weighted by Gasteiger charge is 2.26. The van der Waals surface area contributed by atoms with Crippen molar-refractivity contribution in [3.05, 3.63) is 46.5 Å². The van der Waals surface area contributed by atoms with E-state index in [1.165, 1.54) is 29.5 Å². The molecule has 3 rings (SSSR count). The zero-order chi connectivity index (χ0) is 18.5. The Hall–Kier alpha value is -2.52. The second-order valence-corrected chi connectivity index (χ2v) is 6.34. The number of nitro benzene ring substituents is 1. The van der Waals surface area contributed by atoms with E-state index in [2.05, 4.69) is 22.3 Å². The molecule has 0 spiro atoms. The van der Waals surface area contributed by atoms with Crippen LogP contribution in [0.15, 0.2) is 30.9 Å². The molecule has 27 heavy (non-hydrogen) atoms. The van der Waals surface area contributed by atoms with Gasteiger partial charge in [-0.05, 0) is 44.0 Å². The normalized spacial score (nSPS) is 14.6. The third kappa shape index (κ3) is 4.81. The molecular formula is C17H23ClN6O3. The van der Waals surface area contributed by atoms with Gasteiger partial charge in [-0.15, -0.1) is 12.4 Å². The zero-order valence-electron chi connectivity index (χ0n) is 15.1. The number of amides is 1. The lowest BCUT2D eigenvalue weighted by molar-refractivity contribution is -0.384. The van der Waals surface area contributed by atoms with Gasteiger partial charge in [-0.3, -0.25) is 14.9 Å². The fourth-order valence-corrected chi connectivity index (χ4v) is 3.20. The molecule has 1 N–H and O–H groups in total. The van der Waals surface area contributed by atoms with Crippen LogP contribution < -0.4 is 5.32 Å². The number of nitrogens with one attached hydrogen (secondary N) is 1. The van der Waals surface area contributed by atoms with Crippen molar-refractivity contribution in [1.29, 1.82) is 0 Å². The maximum atomic E-state index is 12.7. The lowest BCUT2D eigenvalue weighted by atomic mass is 9.96. The summed E-state index contributed by atoms with van der Waals surface area (Å²) in [4.78, 5) is 29.2. The van der Waals surface area contributed by atoms with Crippen LogP contribution in [-0.2, 0) is 0 Å². The molecule has 9 nitrogen and oxygen atoms in total. The minimum atomic E-state index is -0.504. The predicted molar refractivity (Wildman–Crippen MR) is 102 cm³/mol. The summed E-state index contributed by atoms with van der Waals surface area (Å²) < 4.78 is 1.32. The van der Waals surface area contributed by atoms with Crippen LogP contribution in [0.1, 0.15) is 30.1 Å². The summed E-state index contributed by atoms with van der Waals surface area (Å²) in [7, 11) is 0. The van der Waals surface area contributed by atoms with Crippen LogP contribution >= 0.6 is 12.4 Å². The van der Waals surface area contributed by atoms with Crippen molar-refractivity contribution in [2.75, 3.05) is 26.2 Å². The van der Waals surface area contributed by atoms with Crippen LogP contribution in [0.3, 0.4) is 0 Å². The van der Waals surface area contributed by atoms with Crippen LogP contribution in [0.5, 0.6) is 0 Å². The summed E-state index contributed by atoms with van der Waals surface area (Å²) in [5.74, 6) is 0.406. The van der Waals surface area contributed by atoms with Gasteiger partial charge in [0.05, 0.1) is 4.92 Å². The van der Waals surface area contributed by atoms with E-state index in [0.29, 0.717) is 24.6 Å². The number of aromatic nitrogens is 3. The molecule has 0 atom stereocenters. The van der Waals surface area contributed by atoms with Gasteiger partial charge in [-0.1, -0.05) is 6.92 Å². The standard InChI is InChI=1S/C17H22N6O3.ClH/c1-2-18-10-13-5-7-21(8-6-13)17(24)14-3-4-15(16(9-14)23(25)26)22-12-19-11-20-22;/h3-4,9,11-13,18H,2,5-8,10H2,1H3;1H. The zero-order valence-corrected chi connectivity index (χ0v) is 15.9. The molecule has 1 fully saturated rings. The van der Waals surface area contributed by atoms with Crippen molar-refractivity contribution in [1.82, 2.24) is 25.0 Å². The molecule has 146 valence electrons. The maximum Gasteiger partial charge on any atom is 0.295 e. The first-order valence-corrected chi connectivity index (χ1v) is 8.73. The van der Waals surface area contributed by atoms with Crippen LogP contribution in [0.4, 0.5) is 5.69 Å². The van der Waals surface area contributed by atoms with Gasteiger partial charge in [0.25, 0.3) is 11.6 Å². The third-order valence-electron chi connectivity index (χ3n) is 4.67. The Labute approximate surface area is 163 Å². The summed E-state index contributed by atoms with van der Waals surface area (Å²) in [6, 6.07) is 4.47. The molecule has 1 aromatic heterocycles. The fourth-order valence-electron chi connectivity index (χ4n) is 3.20. The molecule has 1 aliphatic heterocycles. The highest BCUT2D eigenvalue weighted by molar-refractivity contribution is 5.95. The van der Waals surface area contributed by atoms with E-state index in [0.717, 1.165) is 25.9 Å². The first-order valence-electron chi connectivity index (χ1n) is 8.73. The van der Waals surface area contributed by atoms with Crippen LogP contribution in [0.25, 0.3) is 5.69 Å². The molecule has 2 aromatic rings.